The zero-order valence-electron chi connectivity index (χ0n) is 10.5. The van der Waals surface area contributed by atoms with Crippen LogP contribution in [0.1, 0.15) is 6.92 Å². The summed E-state index contributed by atoms with van der Waals surface area (Å²) in [7, 11) is -0.946. The average molecular weight is 270 g/mol. The first kappa shape index (κ1) is 14.5. The van der Waals surface area contributed by atoms with Crippen molar-refractivity contribution in [2.24, 2.45) is 0 Å². The molecule has 2 atom stereocenters. The van der Waals surface area contributed by atoms with Crippen LogP contribution >= 0.6 is 0 Å². The summed E-state index contributed by atoms with van der Waals surface area (Å²) in [5.41, 5.74) is 6.17. The van der Waals surface area contributed by atoms with Gasteiger partial charge in [0.1, 0.15) is 5.75 Å². The third kappa shape index (κ3) is 4.75. The van der Waals surface area contributed by atoms with E-state index in [1.54, 1.807) is 30.5 Å². The highest BCUT2D eigenvalue weighted by Gasteiger charge is 2.09. The maximum atomic E-state index is 11.5. The van der Waals surface area contributed by atoms with Crippen LogP contribution in [0.5, 0.6) is 5.75 Å². The Hall–Kier alpha value is -1.56. The molecule has 0 aliphatic carbocycles. The standard InChI is InChI=1S/C12H18N2O3S/c1-9(18(2)16)7-14-12(15)8-17-11-6-4-3-5-10(11)13/h3-6,9H,7-8,13H2,1-2H3,(H,14,15). The molecule has 0 bridgehead atoms. The second-order valence-corrected chi connectivity index (χ2v) is 5.74. The number of nitrogens with one attached hydrogen (secondary N) is 1. The normalized spacial score (nSPS) is 13.7. The third-order valence-corrected chi connectivity index (χ3v) is 3.73. The molecule has 0 saturated carbocycles. The van der Waals surface area contributed by atoms with Crippen LogP contribution in [0.25, 0.3) is 0 Å². The highest BCUT2D eigenvalue weighted by molar-refractivity contribution is 7.84. The fourth-order valence-corrected chi connectivity index (χ4v) is 1.50. The maximum absolute atomic E-state index is 11.5. The number of hydrogen-bond donors (Lipinski definition) is 2. The lowest BCUT2D eigenvalue weighted by atomic mass is 10.3. The number of amides is 1. The molecule has 2 unspecified atom stereocenters. The minimum absolute atomic E-state index is 0.0734. The Morgan fingerprint density at radius 2 is 2.17 bits per heavy atom. The van der Waals surface area contributed by atoms with Crippen LogP contribution in [0, 0.1) is 0 Å². The van der Waals surface area contributed by atoms with Gasteiger partial charge in [-0.1, -0.05) is 12.1 Å². The number of para-hydroxylation sites is 2. The maximum Gasteiger partial charge on any atom is 0.257 e. The molecule has 1 aromatic carbocycles. The predicted octanol–water partition coefficient (Wildman–Crippen LogP) is 0.531. The highest BCUT2D eigenvalue weighted by atomic mass is 32.2. The second kappa shape index (κ2) is 7.00. The van der Waals surface area contributed by atoms with Crippen LogP contribution in [0.15, 0.2) is 24.3 Å². The molecular formula is C12H18N2O3S. The number of carbonyl (C=O) groups is 1. The van der Waals surface area contributed by atoms with Crippen LogP contribution in [0.2, 0.25) is 0 Å². The molecule has 0 spiro atoms. The third-order valence-electron chi connectivity index (χ3n) is 2.43. The van der Waals surface area contributed by atoms with Crippen molar-refractivity contribution < 1.29 is 13.7 Å². The van der Waals surface area contributed by atoms with E-state index in [4.69, 9.17) is 10.5 Å². The number of anilines is 1. The number of hydrogen-bond acceptors (Lipinski definition) is 4. The van der Waals surface area contributed by atoms with E-state index in [-0.39, 0.29) is 17.8 Å². The summed E-state index contributed by atoms with van der Waals surface area (Å²) >= 11 is 0. The monoisotopic (exact) mass is 270 g/mol. The van der Waals surface area contributed by atoms with Crippen molar-refractivity contribution in [3.63, 3.8) is 0 Å². The molecule has 18 heavy (non-hydrogen) atoms. The molecule has 1 aromatic rings. The first-order valence-corrected chi connectivity index (χ1v) is 7.19. The zero-order chi connectivity index (χ0) is 13.5. The van der Waals surface area contributed by atoms with Crippen LogP contribution in [0.3, 0.4) is 0 Å². The Balaban J connectivity index is 2.34. The first-order valence-electron chi connectivity index (χ1n) is 5.57. The van der Waals surface area contributed by atoms with Crippen molar-refractivity contribution in [2.45, 2.75) is 12.2 Å². The summed E-state index contributed by atoms with van der Waals surface area (Å²) in [6.07, 6.45) is 1.61. The van der Waals surface area contributed by atoms with Gasteiger partial charge in [-0.3, -0.25) is 9.00 Å². The van der Waals surface area contributed by atoms with Crippen LogP contribution < -0.4 is 15.8 Å². The van der Waals surface area contributed by atoms with Gasteiger partial charge >= 0.3 is 0 Å². The summed E-state index contributed by atoms with van der Waals surface area (Å²) in [4.78, 5) is 11.5. The van der Waals surface area contributed by atoms with Crippen LogP contribution in [0.4, 0.5) is 5.69 Å². The smallest absolute Gasteiger partial charge is 0.257 e. The molecule has 3 N–H and O–H groups in total. The summed E-state index contributed by atoms with van der Waals surface area (Å²) in [5, 5.41) is 2.58. The fraction of sp³-hybridized carbons (Fsp3) is 0.417. The fourth-order valence-electron chi connectivity index (χ4n) is 1.18. The van der Waals surface area contributed by atoms with E-state index in [9.17, 15) is 9.00 Å². The molecule has 0 saturated heterocycles. The summed E-state index contributed by atoms with van der Waals surface area (Å²) < 4.78 is 16.4. The minimum atomic E-state index is -0.946. The van der Waals surface area contributed by atoms with E-state index >= 15 is 0 Å². The van der Waals surface area contributed by atoms with Crippen LogP contribution in [-0.2, 0) is 15.6 Å². The van der Waals surface area contributed by atoms with E-state index < -0.39 is 10.8 Å². The molecular weight excluding hydrogens is 252 g/mol. The largest absolute Gasteiger partial charge is 0.482 e. The summed E-state index contributed by atoms with van der Waals surface area (Å²) in [6, 6.07) is 6.98. The molecule has 5 nitrogen and oxygen atoms in total. The number of ether oxygens (including phenoxy) is 1. The summed E-state index contributed by atoms with van der Waals surface area (Å²) in [5.74, 6) is 0.232. The van der Waals surface area contributed by atoms with Gasteiger partial charge in [-0.05, 0) is 19.1 Å². The average Bonchev–Trinajstić information content (AvgIpc) is 2.34. The number of benzene rings is 1. The van der Waals surface area contributed by atoms with Crippen molar-refractivity contribution >= 4 is 22.4 Å². The number of rotatable bonds is 6. The molecule has 1 amide bonds. The molecule has 0 heterocycles. The van der Waals surface area contributed by atoms with Crippen molar-refractivity contribution in [1.29, 1.82) is 0 Å². The Morgan fingerprint density at radius 3 is 2.78 bits per heavy atom. The lowest BCUT2D eigenvalue weighted by Gasteiger charge is -2.11. The van der Waals surface area contributed by atoms with E-state index in [0.29, 0.717) is 18.0 Å². The Bertz CT molecular complexity index is 437. The van der Waals surface area contributed by atoms with E-state index in [0.717, 1.165) is 0 Å². The minimum Gasteiger partial charge on any atom is -0.482 e. The Labute approximate surface area is 109 Å². The van der Waals surface area contributed by atoms with Crippen molar-refractivity contribution in [2.75, 3.05) is 25.1 Å². The van der Waals surface area contributed by atoms with Gasteiger partial charge in [0.05, 0.1) is 5.69 Å². The van der Waals surface area contributed by atoms with Crippen molar-refractivity contribution in [3.05, 3.63) is 24.3 Å². The van der Waals surface area contributed by atoms with Gasteiger partial charge in [-0.15, -0.1) is 0 Å². The van der Waals surface area contributed by atoms with Crippen LogP contribution in [-0.4, -0.2) is 34.8 Å². The predicted molar refractivity (Wildman–Crippen MR) is 72.9 cm³/mol. The number of nitrogen functional groups attached to an aromatic ring is 1. The number of carbonyl (C=O) groups excluding carboxylic acids is 1. The SMILES string of the molecule is CC(CNC(=O)COc1ccccc1N)S(C)=O. The molecule has 0 aliphatic rings. The highest BCUT2D eigenvalue weighted by Crippen LogP contribution is 2.19. The zero-order valence-corrected chi connectivity index (χ0v) is 11.3. The van der Waals surface area contributed by atoms with Gasteiger partial charge < -0.3 is 15.8 Å². The molecule has 100 valence electrons. The molecule has 1 rings (SSSR count). The Morgan fingerprint density at radius 1 is 1.50 bits per heavy atom. The molecule has 0 aliphatic heterocycles. The molecule has 6 heteroatoms. The quantitative estimate of drug-likeness (QED) is 0.739. The van der Waals surface area contributed by atoms with Gasteiger partial charge in [-0.2, -0.15) is 0 Å². The van der Waals surface area contributed by atoms with Crippen molar-refractivity contribution in [1.82, 2.24) is 5.32 Å². The van der Waals surface area contributed by atoms with E-state index in [1.165, 1.54) is 0 Å². The molecule has 0 aromatic heterocycles. The first-order chi connectivity index (χ1) is 8.50. The van der Waals surface area contributed by atoms with Gasteiger partial charge in [0, 0.05) is 28.9 Å². The van der Waals surface area contributed by atoms with Gasteiger partial charge in [0.15, 0.2) is 6.61 Å². The number of nitrogens with two attached hydrogens (primary N) is 1. The van der Waals surface area contributed by atoms with Gasteiger partial charge in [-0.25, -0.2) is 0 Å². The van der Waals surface area contributed by atoms with Gasteiger partial charge in [0.2, 0.25) is 0 Å². The van der Waals surface area contributed by atoms with Crippen molar-refractivity contribution in [3.8, 4) is 5.75 Å². The lowest BCUT2D eigenvalue weighted by molar-refractivity contribution is -0.123. The van der Waals surface area contributed by atoms with E-state index in [2.05, 4.69) is 5.32 Å². The van der Waals surface area contributed by atoms with E-state index in [1.807, 2.05) is 6.92 Å². The topological polar surface area (TPSA) is 81.4 Å². The lowest BCUT2D eigenvalue weighted by Crippen LogP contribution is -2.35. The molecule has 0 radical (unpaired) electrons. The second-order valence-electron chi connectivity index (χ2n) is 3.94. The van der Waals surface area contributed by atoms with Gasteiger partial charge in [0.25, 0.3) is 5.91 Å². The Kier molecular flexibility index (Phi) is 5.64. The molecule has 0 fully saturated rings. The summed E-state index contributed by atoms with van der Waals surface area (Å²) in [6.45, 7) is 2.08.